The van der Waals surface area contributed by atoms with Gasteiger partial charge in [-0.2, -0.15) is 0 Å². The maximum atomic E-state index is 15.6. The van der Waals surface area contributed by atoms with E-state index in [1.807, 2.05) is 77.1 Å². The van der Waals surface area contributed by atoms with Crippen molar-refractivity contribution >= 4 is 0 Å². The molecule has 1 fully saturated rings. The molecule has 1 aliphatic rings. The summed E-state index contributed by atoms with van der Waals surface area (Å²) in [6.07, 6.45) is 12.9. The third kappa shape index (κ3) is 9.90. The first-order chi connectivity index (χ1) is 17.4. The molecule has 36 heavy (non-hydrogen) atoms. The molecule has 0 amide bonds. The maximum Gasteiger partial charge on any atom is 0.143 e. The number of methoxy groups -OCH3 is 1. The summed E-state index contributed by atoms with van der Waals surface area (Å²) in [5.41, 5.74) is 4.94. The minimum Gasteiger partial charge on any atom is -0.497 e. The van der Waals surface area contributed by atoms with Gasteiger partial charge in [0.2, 0.25) is 0 Å². The van der Waals surface area contributed by atoms with Crippen molar-refractivity contribution in [2.24, 2.45) is 0 Å². The quantitative estimate of drug-likeness (QED) is 0.314. The molecule has 1 aliphatic carbocycles. The number of allylic oxidation sites excluding steroid dienone is 4. The monoisotopic (exact) mass is 482 g/mol. The lowest BCUT2D eigenvalue weighted by Crippen LogP contribution is -2.03. The van der Waals surface area contributed by atoms with Crippen LogP contribution in [0.4, 0.5) is 4.39 Å². The van der Waals surface area contributed by atoms with Crippen molar-refractivity contribution in [3.05, 3.63) is 87.8 Å². The van der Waals surface area contributed by atoms with Crippen LogP contribution < -0.4 is 4.74 Å². The zero-order valence-corrected chi connectivity index (χ0v) is 22.9. The van der Waals surface area contributed by atoms with E-state index in [0.29, 0.717) is 5.56 Å². The predicted octanol–water partition coefficient (Wildman–Crippen LogP) is 8.82. The first kappa shape index (κ1) is 30.4. The molecule has 0 unspecified atom stereocenters. The van der Waals surface area contributed by atoms with Crippen LogP contribution in [0.2, 0.25) is 0 Å². The number of terminal acetylenes is 1. The molecule has 2 aromatic rings. The van der Waals surface area contributed by atoms with E-state index in [2.05, 4.69) is 36.0 Å². The van der Waals surface area contributed by atoms with E-state index in [0.717, 1.165) is 53.7 Å². The SMILES string of the molecule is C#CC.CC.COc1ccc(C#Cc2ccc(C#C/C(C)=C/C=C(C)C)c(F)c2C2CCCC2)cc1. The molecule has 0 spiro atoms. The topological polar surface area (TPSA) is 9.23 Å². The van der Waals surface area contributed by atoms with Crippen molar-refractivity contribution in [1.82, 2.24) is 0 Å². The van der Waals surface area contributed by atoms with E-state index in [1.54, 1.807) is 20.1 Å². The Kier molecular flexibility index (Phi) is 14.2. The van der Waals surface area contributed by atoms with Gasteiger partial charge in [0, 0.05) is 16.7 Å². The molecule has 2 heteroatoms. The summed E-state index contributed by atoms with van der Waals surface area (Å²) < 4.78 is 20.8. The lowest BCUT2D eigenvalue weighted by molar-refractivity contribution is 0.415. The number of halogens is 1. The van der Waals surface area contributed by atoms with Crippen molar-refractivity contribution in [3.8, 4) is 41.8 Å². The smallest absolute Gasteiger partial charge is 0.143 e. The molecule has 0 atom stereocenters. The van der Waals surface area contributed by atoms with Crippen LogP contribution in [0.25, 0.3) is 0 Å². The highest BCUT2D eigenvalue weighted by Crippen LogP contribution is 2.38. The molecule has 2 aromatic carbocycles. The fraction of sp³-hybridized carbons (Fsp3) is 0.353. The summed E-state index contributed by atoms with van der Waals surface area (Å²) in [7, 11) is 1.64. The molecule has 0 saturated heterocycles. The van der Waals surface area contributed by atoms with Gasteiger partial charge < -0.3 is 4.74 Å². The Morgan fingerprint density at radius 1 is 0.917 bits per heavy atom. The van der Waals surface area contributed by atoms with Gasteiger partial charge in [-0.15, -0.1) is 12.3 Å². The zero-order valence-electron chi connectivity index (χ0n) is 22.9. The minimum atomic E-state index is -0.212. The Balaban J connectivity index is 0.00000120. The summed E-state index contributed by atoms with van der Waals surface area (Å²) in [5, 5.41) is 0. The van der Waals surface area contributed by atoms with Crippen LogP contribution in [-0.4, -0.2) is 7.11 Å². The van der Waals surface area contributed by atoms with Crippen molar-refractivity contribution < 1.29 is 9.13 Å². The highest BCUT2D eigenvalue weighted by molar-refractivity contribution is 5.54. The molecule has 188 valence electrons. The average Bonchev–Trinajstić information content (AvgIpc) is 3.42. The molecule has 0 N–H and O–H groups in total. The third-order valence-electron chi connectivity index (χ3n) is 5.44. The van der Waals surface area contributed by atoms with E-state index in [4.69, 9.17) is 4.74 Å². The van der Waals surface area contributed by atoms with Crippen LogP contribution in [-0.2, 0) is 0 Å². The second-order valence-electron chi connectivity index (χ2n) is 8.48. The number of benzene rings is 2. The Bertz CT molecular complexity index is 1190. The maximum absolute atomic E-state index is 15.6. The second-order valence-corrected chi connectivity index (χ2v) is 8.48. The molecular formula is C34H39FO. The molecule has 0 bridgehead atoms. The lowest BCUT2D eigenvalue weighted by Gasteiger charge is -2.14. The Morgan fingerprint density at radius 2 is 1.50 bits per heavy atom. The standard InChI is InChI=1S/C29H29FO.C3H4.C2H6/c1-21(2)9-10-22(3)11-15-26-18-17-25(28(29(26)30)24-7-5-6-8-24)16-12-23-13-19-27(31-4)20-14-23;1-3-2;1-2/h9-10,13-14,17-20,24H,5-8H2,1-4H3;1H,2H3;1-2H3/b22-10+;;. The Morgan fingerprint density at radius 3 is 2.06 bits per heavy atom. The molecule has 0 heterocycles. The van der Waals surface area contributed by atoms with Gasteiger partial charge in [0.25, 0.3) is 0 Å². The van der Waals surface area contributed by atoms with Crippen molar-refractivity contribution in [1.29, 1.82) is 0 Å². The van der Waals surface area contributed by atoms with Crippen LogP contribution in [0, 0.1) is 41.8 Å². The third-order valence-corrected chi connectivity index (χ3v) is 5.44. The Hall–Kier alpha value is -3.67. The first-order valence-electron chi connectivity index (χ1n) is 12.6. The summed E-state index contributed by atoms with van der Waals surface area (Å²) >= 11 is 0. The van der Waals surface area contributed by atoms with Crippen LogP contribution in [0.5, 0.6) is 5.75 Å². The van der Waals surface area contributed by atoms with Crippen LogP contribution in [0.15, 0.2) is 59.7 Å². The van der Waals surface area contributed by atoms with Crippen LogP contribution >= 0.6 is 0 Å². The summed E-state index contributed by atoms with van der Waals surface area (Å²) in [4.78, 5) is 0. The van der Waals surface area contributed by atoms with E-state index in [9.17, 15) is 0 Å². The van der Waals surface area contributed by atoms with Gasteiger partial charge in [-0.1, -0.05) is 68.1 Å². The van der Waals surface area contributed by atoms with Gasteiger partial charge in [-0.05, 0) is 88.4 Å². The number of hydrogen-bond donors (Lipinski definition) is 0. The van der Waals surface area contributed by atoms with E-state index >= 15 is 4.39 Å². The molecular weight excluding hydrogens is 443 g/mol. The highest BCUT2D eigenvalue weighted by atomic mass is 19.1. The number of rotatable bonds is 3. The minimum absolute atomic E-state index is 0.212. The molecule has 3 rings (SSSR count). The van der Waals surface area contributed by atoms with Gasteiger partial charge >= 0.3 is 0 Å². The first-order valence-corrected chi connectivity index (χ1v) is 12.6. The number of ether oxygens (including phenoxy) is 1. The molecule has 0 radical (unpaired) electrons. The predicted molar refractivity (Wildman–Crippen MR) is 153 cm³/mol. The van der Waals surface area contributed by atoms with Crippen LogP contribution in [0.3, 0.4) is 0 Å². The summed E-state index contributed by atoms with van der Waals surface area (Å²) in [6.45, 7) is 11.7. The lowest BCUT2D eigenvalue weighted by atomic mass is 9.90. The summed E-state index contributed by atoms with van der Waals surface area (Å²) in [6, 6.07) is 11.3. The molecule has 1 saturated carbocycles. The van der Waals surface area contributed by atoms with Gasteiger partial charge in [0.15, 0.2) is 0 Å². The second kappa shape index (κ2) is 16.9. The molecule has 0 aromatic heterocycles. The average molecular weight is 483 g/mol. The van der Waals surface area contributed by atoms with E-state index < -0.39 is 0 Å². The highest BCUT2D eigenvalue weighted by Gasteiger charge is 2.24. The van der Waals surface area contributed by atoms with E-state index in [-0.39, 0.29) is 11.7 Å². The summed E-state index contributed by atoms with van der Waals surface area (Å²) in [5.74, 6) is 15.5. The molecule has 1 nitrogen and oxygen atoms in total. The van der Waals surface area contributed by atoms with Gasteiger partial charge in [0.1, 0.15) is 11.6 Å². The largest absolute Gasteiger partial charge is 0.497 e. The fourth-order valence-corrected chi connectivity index (χ4v) is 3.73. The number of hydrogen-bond acceptors (Lipinski definition) is 1. The van der Waals surface area contributed by atoms with Gasteiger partial charge in [-0.3, -0.25) is 0 Å². The van der Waals surface area contributed by atoms with Gasteiger partial charge in [0.05, 0.1) is 12.7 Å². The Labute approximate surface area is 218 Å². The fourth-order valence-electron chi connectivity index (χ4n) is 3.73. The zero-order chi connectivity index (χ0) is 26.9. The van der Waals surface area contributed by atoms with Crippen LogP contribution in [0.1, 0.15) is 95.4 Å². The molecule has 0 aliphatic heterocycles. The van der Waals surface area contributed by atoms with Crippen molar-refractivity contribution in [2.75, 3.05) is 7.11 Å². The van der Waals surface area contributed by atoms with Crippen molar-refractivity contribution in [2.45, 2.75) is 73.1 Å². The van der Waals surface area contributed by atoms with E-state index in [1.165, 1.54) is 5.57 Å². The van der Waals surface area contributed by atoms with Crippen molar-refractivity contribution in [3.63, 3.8) is 0 Å². The van der Waals surface area contributed by atoms with Gasteiger partial charge in [-0.25, -0.2) is 4.39 Å². The normalized spacial score (nSPS) is 12.1.